The van der Waals surface area contributed by atoms with Crippen LogP contribution >= 0.6 is 0 Å². The van der Waals surface area contributed by atoms with Crippen molar-refractivity contribution >= 4 is 29.0 Å². The van der Waals surface area contributed by atoms with Crippen molar-refractivity contribution in [2.45, 2.75) is 39.8 Å². The van der Waals surface area contributed by atoms with Gasteiger partial charge in [-0.15, -0.1) is 0 Å². The minimum Gasteiger partial charge on any atom is -0.449 e. The molecule has 0 aliphatic rings. The molecule has 2 amide bonds. The van der Waals surface area contributed by atoms with Crippen LogP contribution in [0.25, 0.3) is 10.9 Å². The van der Waals surface area contributed by atoms with Gasteiger partial charge in [0.2, 0.25) is 5.91 Å². The Kier molecular flexibility index (Phi) is 6.33. The topological polar surface area (TPSA) is 146 Å². The van der Waals surface area contributed by atoms with Crippen LogP contribution in [0.1, 0.15) is 36.5 Å². The third-order valence-electron chi connectivity index (χ3n) is 5.10. The number of nitrogens with zero attached hydrogens (tertiary/aromatic N) is 2. The molecule has 10 heteroatoms. The summed E-state index contributed by atoms with van der Waals surface area (Å²) in [4.78, 5) is 48.8. The molecular weight excluding hydrogens is 416 g/mol. The van der Waals surface area contributed by atoms with E-state index >= 15 is 0 Å². The van der Waals surface area contributed by atoms with Crippen LogP contribution in [-0.2, 0) is 17.9 Å². The average molecular weight is 440 g/mol. The minimum atomic E-state index is -1.60. The standard InChI is InChI=1S/C22H24N4O6/c1-12(2)14-7-4-6-13(3)16(14)10-24-21(29)26-20(28)15-8-5-9-17(32-22(30)31)19(15)25(26)11-18(23)27/h4-9,12H,10-11H2,1-3H3,(H2,23,27)(H,24,29)(H,30,31). The van der Waals surface area contributed by atoms with Crippen LogP contribution < -0.4 is 21.3 Å². The first-order valence-electron chi connectivity index (χ1n) is 9.92. The number of hydrogen-bond donors (Lipinski definition) is 3. The number of rotatable bonds is 6. The summed E-state index contributed by atoms with van der Waals surface area (Å²) in [7, 11) is 0. The third-order valence-corrected chi connectivity index (χ3v) is 5.10. The highest BCUT2D eigenvalue weighted by atomic mass is 16.7. The molecule has 0 spiro atoms. The lowest BCUT2D eigenvalue weighted by atomic mass is 9.94. The predicted molar refractivity (Wildman–Crippen MR) is 117 cm³/mol. The second-order valence-electron chi connectivity index (χ2n) is 7.62. The highest BCUT2D eigenvalue weighted by Gasteiger charge is 2.23. The number of primary amides is 1. The summed E-state index contributed by atoms with van der Waals surface area (Å²) < 4.78 is 6.50. The number of amides is 2. The van der Waals surface area contributed by atoms with Crippen molar-refractivity contribution < 1.29 is 24.2 Å². The zero-order valence-electron chi connectivity index (χ0n) is 17.9. The van der Waals surface area contributed by atoms with Gasteiger partial charge < -0.3 is 20.9 Å². The largest absolute Gasteiger partial charge is 0.511 e. The number of nitrogens with one attached hydrogen (secondary N) is 1. The molecule has 0 aliphatic heterocycles. The van der Waals surface area contributed by atoms with Crippen LogP contribution in [0.15, 0.2) is 41.2 Å². The fraction of sp³-hybridized carbons (Fsp3) is 0.273. The van der Waals surface area contributed by atoms with E-state index in [1.807, 2.05) is 39.0 Å². The second kappa shape index (κ2) is 8.96. The highest BCUT2D eigenvalue weighted by Crippen LogP contribution is 2.25. The number of carboxylic acid groups (broad SMARTS) is 1. The van der Waals surface area contributed by atoms with Crippen LogP contribution in [0.5, 0.6) is 5.75 Å². The molecule has 168 valence electrons. The van der Waals surface area contributed by atoms with E-state index in [2.05, 4.69) is 5.32 Å². The fourth-order valence-corrected chi connectivity index (χ4v) is 3.71. The van der Waals surface area contributed by atoms with Crippen molar-refractivity contribution in [2.75, 3.05) is 0 Å². The first-order chi connectivity index (χ1) is 15.1. The molecule has 0 aliphatic carbocycles. The molecule has 0 fully saturated rings. The average Bonchev–Trinajstić information content (AvgIpc) is 2.98. The van der Waals surface area contributed by atoms with E-state index in [1.165, 1.54) is 18.2 Å². The number of fused-ring (bicyclic) bond motifs is 1. The van der Waals surface area contributed by atoms with Gasteiger partial charge in [-0.25, -0.2) is 9.59 Å². The molecule has 0 bridgehead atoms. The number of hydrogen-bond acceptors (Lipinski definition) is 5. The van der Waals surface area contributed by atoms with E-state index < -0.39 is 30.2 Å². The normalized spacial score (nSPS) is 11.0. The van der Waals surface area contributed by atoms with Gasteiger partial charge in [-0.1, -0.05) is 38.1 Å². The molecule has 32 heavy (non-hydrogen) atoms. The van der Waals surface area contributed by atoms with Crippen molar-refractivity contribution in [3.63, 3.8) is 0 Å². The van der Waals surface area contributed by atoms with Gasteiger partial charge in [0.1, 0.15) is 12.1 Å². The SMILES string of the molecule is Cc1cccc(C(C)C)c1CNC(=O)n1c(=O)c2cccc(OC(=O)O)c2n1CC(N)=O. The fourth-order valence-electron chi connectivity index (χ4n) is 3.71. The summed E-state index contributed by atoms with van der Waals surface area (Å²) in [5, 5.41) is 11.7. The molecule has 0 saturated carbocycles. The van der Waals surface area contributed by atoms with Gasteiger partial charge in [0.05, 0.1) is 5.39 Å². The third kappa shape index (κ3) is 4.34. The van der Waals surface area contributed by atoms with Crippen molar-refractivity contribution in [1.82, 2.24) is 14.7 Å². The molecule has 0 radical (unpaired) electrons. The van der Waals surface area contributed by atoms with Gasteiger partial charge in [-0.2, -0.15) is 4.68 Å². The van der Waals surface area contributed by atoms with E-state index in [4.69, 9.17) is 15.6 Å². The second-order valence-corrected chi connectivity index (χ2v) is 7.62. The molecule has 0 atom stereocenters. The summed E-state index contributed by atoms with van der Waals surface area (Å²) in [5.41, 5.74) is 7.54. The van der Waals surface area contributed by atoms with E-state index in [9.17, 15) is 19.2 Å². The Morgan fingerprint density at radius 1 is 1.16 bits per heavy atom. The Morgan fingerprint density at radius 2 is 1.84 bits per heavy atom. The molecule has 3 rings (SSSR count). The van der Waals surface area contributed by atoms with E-state index in [1.54, 1.807) is 0 Å². The van der Waals surface area contributed by atoms with Crippen molar-refractivity contribution in [3.8, 4) is 5.75 Å². The zero-order valence-corrected chi connectivity index (χ0v) is 17.9. The smallest absolute Gasteiger partial charge is 0.449 e. The Balaban J connectivity index is 2.08. The zero-order chi connectivity index (χ0) is 23.6. The Labute approximate surface area is 183 Å². The molecule has 2 aromatic carbocycles. The van der Waals surface area contributed by atoms with Gasteiger partial charge in [0.25, 0.3) is 5.56 Å². The van der Waals surface area contributed by atoms with Crippen LogP contribution in [0, 0.1) is 6.92 Å². The van der Waals surface area contributed by atoms with Crippen molar-refractivity contribution in [2.24, 2.45) is 5.73 Å². The lowest BCUT2D eigenvalue weighted by Gasteiger charge is -2.17. The molecule has 10 nitrogen and oxygen atoms in total. The number of benzene rings is 2. The number of carbonyl (C=O) groups is 3. The lowest BCUT2D eigenvalue weighted by molar-refractivity contribution is -0.118. The number of ether oxygens (including phenoxy) is 1. The van der Waals surface area contributed by atoms with Crippen LogP contribution in [0.2, 0.25) is 0 Å². The van der Waals surface area contributed by atoms with Gasteiger partial charge in [0, 0.05) is 6.54 Å². The number of para-hydroxylation sites is 1. The Hall–Kier alpha value is -4.08. The number of nitrogens with two attached hydrogens (primary N) is 1. The van der Waals surface area contributed by atoms with Gasteiger partial charge in [0.15, 0.2) is 5.75 Å². The van der Waals surface area contributed by atoms with E-state index in [0.29, 0.717) is 0 Å². The summed E-state index contributed by atoms with van der Waals surface area (Å²) >= 11 is 0. The maximum Gasteiger partial charge on any atom is 0.511 e. The van der Waals surface area contributed by atoms with Crippen molar-refractivity contribution in [3.05, 3.63) is 63.4 Å². The molecule has 0 saturated heterocycles. The maximum absolute atomic E-state index is 13.1. The number of aromatic nitrogens is 2. The molecule has 0 unspecified atom stereocenters. The summed E-state index contributed by atoms with van der Waals surface area (Å²) in [6, 6.07) is 9.20. The first kappa shape index (κ1) is 22.6. The predicted octanol–water partition coefficient (Wildman–Crippen LogP) is 2.53. The van der Waals surface area contributed by atoms with Gasteiger partial charge in [-0.3, -0.25) is 14.3 Å². The minimum absolute atomic E-state index is 0.0129. The molecular formula is C22H24N4O6. The first-order valence-corrected chi connectivity index (χ1v) is 9.92. The van der Waals surface area contributed by atoms with Crippen molar-refractivity contribution in [1.29, 1.82) is 0 Å². The van der Waals surface area contributed by atoms with Gasteiger partial charge >= 0.3 is 12.2 Å². The monoisotopic (exact) mass is 440 g/mol. The highest BCUT2D eigenvalue weighted by molar-refractivity contribution is 5.91. The summed E-state index contributed by atoms with van der Waals surface area (Å²) in [6.07, 6.45) is -1.60. The quantitative estimate of drug-likeness (QED) is 0.397. The molecule has 4 N–H and O–H groups in total. The number of carbonyl (C=O) groups excluding carboxylic acids is 2. The van der Waals surface area contributed by atoms with Crippen LogP contribution in [-0.4, -0.2) is 32.6 Å². The van der Waals surface area contributed by atoms with Crippen LogP contribution in [0.3, 0.4) is 0 Å². The van der Waals surface area contributed by atoms with E-state index in [0.717, 1.165) is 26.1 Å². The Morgan fingerprint density at radius 3 is 2.47 bits per heavy atom. The van der Waals surface area contributed by atoms with Crippen LogP contribution in [0.4, 0.5) is 9.59 Å². The molecule has 1 heterocycles. The van der Waals surface area contributed by atoms with E-state index in [-0.39, 0.29) is 29.1 Å². The summed E-state index contributed by atoms with van der Waals surface area (Å²) in [6.45, 7) is 5.63. The Bertz CT molecular complexity index is 1270. The van der Waals surface area contributed by atoms with Gasteiger partial charge in [-0.05, 0) is 41.7 Å². The number of aryl methyl sites for hydroxylation is 1. The summed E-state index contributed by atoms with van der Waals surface area (Å²) in [5.74, 6) is -0.794. The maximum atomic E-state index is 13.1. The molecule has 1 aromatic heterocycles. The molecule has 3 aromatic rings. The lowest BCUT2D eigenvalue weighted by Crippen LogP contribution is -2.40.